The van der Waals surface area contributed by atoms with Crippen LogP contribution < -0.4 is 10.2 Å². The van der Waals surface area contributed by atoms with E-state index in [4.69, 9.17) is 9.68 Å². The van der Waals surface area contributed by atoms with Gasteiger partial charge in [-0.3, -0.25) is 4.79 Å². The van der Waals surface area contributed by atoms with Gasteiger partial charge in [-0.1, -0.05) is 12.1 Å². The van der Waals surface area contributed by atoms with Crippen LogP contribution in [-0.4, -0.2) is 60.2 Å². The molecule has 2 aliphatic heterocycles. The van der Waals surface area contributed by atoms with E-state index in [0.29, 0.717) is 23.9 Å². The molecule has 1 aliphatic carbocycles. The number of fused-ring (bicyclic) bond motifs is 2. The van der Waals surface area contributed by atoms with Gasteiger partial charge < -0.3 is 19.5 Å². The predicted octanol–water partition coefficient (Wildman–Crippen LogP) is 1.31. The number of carbonyl (C=O) groups excluding carboxylic acids is 1. The summed E-state index contributed by atoms with van der Waals surface area (Å²) in [5, 5.41) is 12.4. The van der Waals surface area contributed by atoms with Crippen molar-refractivity contribution < 1.29 is 13.6 Å². The molecule has 3 aliphatic rings. The Labute approximate surface area is 155 Å². The lowest BCUT2D eigenvalue weighted by molar-refractivity contribution is -0.130. The van der Waals surface area contributed by atoms with E-state index < -0.39 is 12.2 Å². The first-order valence-electron chi connectivity index (χ1n) is 9.31. The van der Waals surface area contributed by atoms with Gasteiger partial charge >= 0.3 is 0 Å². The number of hydrogen-bond donors (Lipinski definition) is 1. The Morgan fingerprint density at radius 3 is 2.85 bits per heavy atom. The Kier molecular flexibility index (Phi) is 3.79. The number of hydrogen-bond acceptors (Lipinski definition) is 6. The number of rotatable bonds is 4. The lowest BCUT2D eigenvalue weighted by Gasteiger charge is -2.21. The average molecular weight is 369 g/mol. The predicted molar refractivity (Wildman–Crippen MR) is 95.6 cm³/mol. The number of carbonyl (C=O) groups is 1. The molecular formula is C19H20FN5O2. The molecule has 8 heteroatoms. The van der Waals surface area contributed by atoms with Crippen molar-refractivity contribution in [3.05, 3.63) is 24.3 Å². The summed E-state index contributed by atoms with van der Waals surface area (Å²) in [6.45, 7) is 1.88. The van der Waals surface area contributed by atoms with Gasteiger partial charge in [-0.05, 0) is 24.0 Å². The zero-order chi connectivity index (χ0) is 18.5. The van der Waals surface area contributed by atoms with Crippen molar-refractivity contribution in [3.63, 3.8) is 0 Å². The topological polar surface area (TPSA) is 85.4 Å². The van der Waals surface area contributed by atoms with E-state index in [9.17, 15) is 9.18 Å². The molecule has 2 saturated heterocycles. The number of para-hydroxylation sites is 2. The number of nitriles is 1. The fraction of sp³-hybridized carbons (Fsp3) is 0.526. The Morgan fingerprint density at radius 2 is 2.11 bits per heavy atom. The second kappa shape index (κ2) is 6.20. The van der Waals surface area contributed by atoms with Crippen LogP contribution in [-0.2, 0) is 4.79 Å². The Balaban J connectivity index is 1.14. The maximum absolute atomic E-state index is 13.5. The van der Waals surface area contributed by atoms with Crippen molar-refractivity contribution >= 4 is 23.0 Å². The third kappa shape index (κ3) is 2.82. The van der Waals surface area contributed by atoms with Gasteiger partial charge in [0.1, 0.15) is 17.7 Å². The first-order valence-corrected chi connectivity index (χ1v) is 9.31. The molecule has 5 rings (SSSR count). The minimum absolute atomic E-state index is 0.0295. The SMILES string of the molecule is N#CC1CC(F)CN1C(=O)CNC1C2CN(c3nc4ccccc4o3)CC21. The highest BCUT2D eigenvalue weighted by Gasteiger charge is 2.56. The number of likely N-dealkylation sites (tertiary alicyclic amines) is 1. The smallest absolute Gasteiger partial charge is 0.298 e. The Hall–Kier alpha value is -2.66. The molecule has 7 nitrogen and oxygen atoms in total. The molecule has 4 unspecified atom stereocenters. The van der Waals surface area contributed by atoms with Crippen molar-refractivity contribution in [2.45, 2.75) is 24.7 Å². The van der Waals surface area contributed by atoms with Crippen LogP contribution in [0.3, 0.4) is 0 Å². The van der Waals surface area contributed by atoms with E-state index in [2.05, 4.69) is 15.2 Å². The monoisotopic (exact) mass is 369 g/mol. The maximum atomic E-state index is 13.5. The summed E-state index contributed by atoms with van der Waals surface area (Å²) in [4.78, 5) is 20.4. The fourth-order valence-electron chi connectivity index (χ4n) is 4.47. The highest BCUT2D eigenvalue weighted by Crippen LogP contribution is 2.46. The van der Waals surface area contributed by atoms with Crippen LogP contribution in [0.5, 0.6) is 0 Å². The van der Waals surface area contributed by atoms with E-state index >= 15 is 0 Å². The molecule has 27 heavy (non-hydrogen) atoms. The number of oxazole rings is 1. The largest absolute Gasteiger partial charge is 0.423 e. The number of anilines is 1. The van der Waals surface area contributed by atoms with E-state index in [1.165, 1.54) is 4.90 Å². The van der Waals surface area contributed by atoms with Crippen LogP contribution in [0, 0.1) is 23.2 Å². The van der Waals surface area contributed by atoms with Gasteiger partial charge in [0, 0.05) is 25.6 Å². The number of amides is 1. The summed E-state index contributed by atoms with van der Waals surface area (Å²) in [6, 6.07) is 10.0. The first kappa shape index (κ1) is 16.5. The zero-order valence-electron chi connectivity index (χ0n) is 14.7. The maximum Gasteiger partial charge on any atom is 0.298 e. The Bertz CT molecular complexity index is 879. The summed E-state index contributed by atoms with van der Waals surface area (Å²) >= 11 is 0. The standard InChI is InChI=1S/C19H20FN5O2/c20-11-5-12(6-21)25(8-11)17(26)7-22-18-13-9-24(10-14(13)18)19-23-15-3-1-2-4-16(15)27-19/h1-4,11-14,18,22H,5,7-10H2. The van der Waals surface area contributed by atoms with Crippen molar-refractivity contribution in [2.24, 2.45) is 11.8 Å². The first-order chi connectivity index (χ1) is 13.1. The Morgan fingerprint density at radius 1 is 1.33 bits per heavy atom. The number of nitrogens with zero attached hydrogens (tertiary/aromatic N) is 4. The minimum Gasteiger partial charge on any atom is -0.423 e. The molecule has 2 aromatic rings. The third-order valence-corrected chi connectivity index (χ3v) is 5.96. The van der Waals surface area contributed by atoms with Crippen LogP contribution in [0.2, 0.25) is 0 Å². The van der Waals surface area contributed by atoms with Gasteiger partial charge in [-0.15, -0.1) is 0 Å². The fourth-order valence-corrected chi connectivity index (χ4v) is 4.47. The second-order valence-electron chi connectivity index (χ2n) is 7.63. The van der Waals surface area contributed by atoms with Gasteiger partial charge in [0.25, 0.3) is 6.01 Å². The van der Waals surface area contributed by atoms with Crippen LogP contribution in [0.25, 0.3) is 11.1 Å². The highest BCUT2D eigenvalue weighted by atomic mass is 19.1. The van der Waals surface area contributed by atoms with E-state index in [1.54, 1.807) is 0 Å². The van der Waals surface area contributed by atoms with Gasteiger partial charge in [-0.25, -0.2) is 4.39 Å². The number of nitrogens with one attached hydrogen (secondary N) is 1. The lowest BCUT2D eigenvalue weighted by Crippen LogP contribution is -2.43. The molecule has 1 aromatic carbocycles. The summed E-state index contributed by atoms with van der Waals surface area (Å²) in [7, 11) is 0. The molecule has 4 atom stereocenters. The molecule has 0 spiro atoms. The quantitative estimate of drug-likeness (QED) is 0.875. The summed E-state index contributed by atoms with van der Waals surface area (Å²) < 4.78 is 19.3. The molecule has 0 bridgehead atoms. The van der Waals surface area contributed by atoms with E-state index in [-0.39, 0.29) is 25.4 Å². The molecule has 1 aromatic heterocycles. The van der Waals surface area contributed by atoms with Crippen LogP contribution in [0.15, 0.2) is 28.7 Å². The molecule has 1 amide bonds. The third-order valence-electron chi connectivity index (χ3n) is 5.96. The molecular weight excluding hydrogens is 349 g/mol. The summed E-state index contributed by atoms with van der Waals surface area (Å²) in [5.41, 5.74) is 1.65. The normalized spacial score (nSPS) is 31.9. The molecule has 140 valence electrons. The minimum atomic E-state index is -1.09. The number of piperidine rings is 1. The van der Waals surface area contributed by atoms with Crippen molar-refractivity contribution in [1.82, 2.24) is 15.2 Å². The van der Waals surface area contributed by atoms with Crippen LogP contribution >= 0.6 is 0 Å². The highest BCUT2D eigenvalue weighted by molar-refractivity contribution is 5.79. The zero-order valence-corrected chi connectivity index (χ0v) is 14.7. The van der Waals surface area contributed by atoms with E-state index in [1.807, 2.05) is 30.3 Å². The number of benzene rings is 1. The lowest BCUT2D eigenvalue weighted by atomic mass is 10.2. The molecule has 1 saturated carbocycles. The second-order valence-corrected chi connectivity index (χ2v) is 7.63. The number of alkyl halides is 1. The summed E-state index contributed by atoms with van der Waals surface area (Å²) in [5.74, 6) is 0.738. The van der Waals surface area contributed by atoms with E-state index in [0.717, 1.165) is 24.2 Å². The van der Waals surface area contributed by atoms with Gasteiger partial charge in [0.2, 0.25) is 5.91 Å². The molecule has 3 heterocycles. The molecule has 3 fully saturated rings. The van der Waals surface area contributed by atoms with Crippen LogP contribution in [0.4, 0.5) is 10.4 Å². The molecule has 0 radical (unpaired) electrons. The van der Waals surface area contributed by atoms with Crippen LogP contribution in [0.1, 0.15) is 6.42 Å². The van der Waals surface area contributed by atoms with Crippen molar-refractivity contribution in [1.29, 1.82) is 5.26 Å². The van der Waals surface area contributed by atoms with Gasteiger partial charge in [0.15, 0.2) is 5.58 Å². The average Bonchev–Trinajstić information content (AvgIpc) is 3.12. The number of halogens is 1. The van der Waals surface area contributed by atoms with Gasteiger partial charge in [-0.2, -0.15) is 10.2 Å². The van der Waals surface area contributed by atoms with Gasteiger partial charge in [0.05, 0.1) is 19.2 Å². The van der Waals surface area contributed by atoms with Crippen molar-refractivity contribution in [3.8, 4) is 6.07 Å². The summed E-state index contributed by atoms with van der Waals surface area (Å²) in [6.07, 6.45) is -0.972. The number of aromatic nitrogens is 1. The molecule has 1 N–H and O–H groups in total. The van der Waals surface area contributed by atoms with Crippen molar-refractivity contribution in [2.75, 3.05) is 31.1 Å².